The van der Waals surface area contributed by atoms with Crippen molar-refractivity contribution in [2.45, 2.75) is 65.8 Å². The Morgan fingerprint density at radius 3 is 2.55 bits per heavy atom. The SMILES string of the molecule is CCc1cc2c(nc1-c1ccc(C(C)C)nc1OC)c(C)cn2[C@H](CC)CC=O. The predicted octanol–water partition coefficient (Wildman–Crippen LogP) is 5.64. The van der Waals surface area contributed by atoms with Crippen LogP contribution in [0.3, 0.4) is 0 Å². The lowest BCUT2D eigenvalue weighted by molar-refractivity contribution is -0.108. The molecule has 29 heavy (non-hydrogen) atoms. The number of carbonyl (C=O) groups is 1. The number of fused-ring (bicyclic) bond motifs is 1. The van der Waals surface area contributed by atoms with Gasteiger partial charge in [-0.25, -0.2) is 9.97 Å². The molecule has 5 heteroatoms. The molecule has 0 aliphatic rings. The number of aldehydes is 1. The van der Waals surface area contributed by atoms with Crippen molar-refractivity contribution >= 4 is 17.3 Å². The van der Waals surface area contributed by atoms with E-state index in [9.17, 15) is 4.79 Å². The largest absolute Gasteiger partial charge is 0.480 e. The third-order valence-electron chi connectivity index (χ3n) is 5.60. The zero-order valence-corrected chi connectivity index (χ0v) is 18.3. The zero-order valence-electron chi connectivity index (χ0n) is 18.3. The highest BCUT2D eigenvalue weighted by atomic mass is 16.5. The molecular formula is C24H31N3O2. The van der Waals surface area contributed by atoms with Crippen LogP contribution in [0.15, 0.2) is 24.4 Å². The second-order valence-corrected chi connectivity index (χ2v) is 7.85. The Bertz CT molecular complexity index is 1020. The molecule has 1 atom stereocenters. The summed E-state index contributed by atoms with van der Waals surface area (Å²) in [5.74, 6) is 0.946. The fourth-order valence-corrected chi connectivity index (χ4v) is 3.87. The molecule has 3 aromatic rings. The number of methoxy groups -OCH3 is 1. The van der Waals surface area contributed by atoms with Gasteiger partial charge in [0.25, 0.3) is 0 Å². The van der Waals surface area contributed by atoms with Crippen LogP contribution in [0.2, 0.25) is 0 Å². The third kappa shape index (κ3) is 3.91. The Morgan fingerprint density at radius 1 is 1.21 bits per heavy atom. The number of rotatable bonds is 8. The smallest absolute Gasteiger partial charge is 0.222 e. The summed E-state index contributed by atoms with van der Waals surface area (Å²) in [7, 11) is 1.66. The van der Waals surface area contributed by atoms with E-state index in [4.69, 9.17) is 14.7 Å². The minimum absolute atomic E-state index is 0.155. The molecule has 5 nitrogen and oxygen atoms in total. The van der Waals surface area contributed by atoms with Crippen molar-refractivity contribution < 1.29 is 9.53 Å². The van der Waals surface area contributed by atoms with Crippen molar-refractivity contribution in [3.8, 4) is 17.1 Å². The van der Waals surface area contributed by atoms with E-state index in [0.717, 1.165) is 58.2 Å². The average molecular weight is 394 g/mol. The van der Waals surface area contributed by atoms with Gasteiger partial charge in [-0.3, -0.25) is 0 Å². The van der Waals surface area contributed by atoms with Gasteiger partial charge < -0.3 is 14.1 Å². The maximum atomic E-state index is 11.1. The van der Waals surface area contributed by atoms with Crippen LogP contribution in [0, 0.1) is 6.92 Å². The van der Waals surface area contributed by atoms with Gasteiger partial charge in [0, 0.05) is 24.4 Å². The van der Waals surface area contributed by atoms with Gasteiger partial charge >= 0.3 is 0 Å². The van der Waals surface area contributed by atoms with Crippen LogP contribution in [0.4, 0.5) is 0 Å². The quantitative estimate of drug-likeness (QED) is 0.465. The molecule has 0 bridgehead atoms. The molecule has 0 saturated carbocycles. The molecule has 3 heterocycles. The van der Waals surface area contributed by atoms with Gasteiger partial charge in [0.05, 0.1) is 29.4 Å². The van der Waals surface area contributed by atoms with Gasteiger partial charge in [0.15, 0.2) is 0 Å². The van der Waals surface area contributed by atoms with Crippen molar-refractivity contribution in [2.24, 2.45) is 0 Å². The number of hydrogen-bond donors (Lipinski definition) is 0. The molecule has 0 fully saturated rings. The molecule has 0 unspecified atom stereocenters. The first-order valence-electron chi connectivity index (χ1n) is 10.4. The first kappa shape index (κ1) is 21.0. The molecule has 0 N–H and O–H groups in total. The fourth-order valence-electron chi connectivity index (χ4n) is 3.87. The first-order valence-corrected chi connectivity index (χ1v) is 10.4. The maximum Gasteiger partial charge on any atom is 0.222 e. The number of nitrogens with zero attached hydrogens (tertiary/aromatic N) is 3. The second-order valence-electron chi connectivity index (χ2n) is 7.85. The lowest BCUT2D eigenvalue weighted by Crippen LogP contribution is -2.08. The summed E-state index contributed by atoms with van der Waals surface area (Å²) in [6, 6.07) is 6.50. The molecule has 0 amide bonds. The molecule has 0 aliphatic heterocycles. The predicted molar refractivity (Wildman–Crippen MR) is 118 cm³/mol. The monoisotopic (exact) mass is 393 g/mol. The summed E-state index contributed by atoms with van der Waals surface area (Å²) >= 11 is 0. The molecule has 3 aromatic heterocycles. The van der Waals surface area contributed by atoms with Gasteiger partial charge in [-0.05, 0) is 55.0 Å². The topological polar surface area (TPSA) is 57.0 Å². The molecule has 3 rings (SSSR count). The minimum atomic E-state index is 0.155. The maximum absolute atomic E-state index is 11.1. The van der Waals surface area contributed by atoms with Crippen molar-refractivity contribution in [1.82, 2.24) is 14.5 Å². The highest BCUT2D eigenvalue weighted by Crippen LogP contribution is 2.35. The highest BCUT2D eigenvalue weighted by Gasteiger charge is 2.20. The second kappa shape index (κ2) is 8.76. The molecule has 154 valence electrons. The molecular weight excluding hydrogens is 362 g/mol. The Kier molecular flexibility index (Phi) is 6.36. The zero-order chi connectivity index (χ0) is 21.1. The molecule has 0 radical (unpaired) electrons. The summed E-state index contributed by atoms with van der Waals surface area (Å²) < 4.78 is 7.84. The van der Waals surface area contributed by atoms with E-state index >= 15 is 0 Å². The van der Waals surface area contributed by atoms with Crippen molar-refractivity contribution in [3.63, 3.8) is 0 Å². The number of carbonyl (C=O) groups excluding carboxylic acids is 1. The van der Waals surface area contributed by atoms with Gasteiger partial charge in [-0.1, -0.05) is 27.7 Å². The van der Waals surface area contributed by atoms with E-state index in [2.05, 4.69) is 63.6 Å². The van der Waals surface area contributed by atoms with E-state index < -0.39 is 0 Å². The van der Waals surface area contributed by atoms with E-state index in [1.54, 1.807) is 7.11 Å². The standard InChI is InChI=1S/C24H31N3O2/c1-7-17-13-21-22(16(5)14-27(21)18(8-2)11-12-28)26-23(17)19-9-10-20(15(3)4)25-24(19)29-6/h9-10,12-15,18H,7-8,11H2,1-6H3/t18-/m1/s1. The lowest BCUT2D eigenvalue weighted by Gasteiger charge is -2.17. The number of aryl methyl sites for hydroxylation is 2. The number of hydrogen-bond acceptors (Lipinski definition) is 4. The molecule has 0 spiro atoms. The summed E-state index contributed by atoms with van der Waals surface area (Å²) in [6.07, 6.45) is 5.39. The molecule has 0 aromatic carbocycles. The third-order valence-corrected chi connectivity index (χ3v) is 5.60. The fraction of sp³-hybridized carbons (Fsp3) is 0.458. The van der Waals surface area contributed by atoms with E-state index in [1.807, 2.05) is 0 Å². The highest BCUT2D eigenvalue weighted by molar-refractivity contribution is 5.85. The summed E-state index contributed by atoms with van der Waals surface area (Å²) in [4.78, 5) is 20.9. The number of pyridine rings is 2. The Balaban J connectivity index is 2.23. The van der Waals surface area contributed by atoms with Crippen molar-refractivity contribution in [3.05, 3.63) is 41.2 Å². The molecule has 0 aliphatic carbocycles. The summed E-state index contributed by atoms with van der Waals surface area (Å²) in [5.41, 5.74) is 7.16. The van der Waals surface area contributed by atoms with Crippen molar-refractivity contribution in [2.75, 3.05) is 7.11 Å². The van der Waals surface area contributed by atoms with Crippen LogP contribution in [0.5, 0.6) is 5.88 Å². The normalized spacial score (nSPS) is 12.5. The van der Waals surface area contributed by atoms with Gasteiger partial charge in [0.2, 0.25) is 5.88 Å². The van der Waals surface area contributed by atoms with Crippen LogP contribution in [-0.4, -0.2) is 27.9 Å². The summed E-state index contributed by atoms with van der Waals surface area (Å²) in [5, 5.41) is 0. The van der Waals surface area contributed by atoms with Gasteiger partial charge in [-0.2, -0.15) is 0 Å². The lowest BCUT2D eigenvalue weighted by atomic mass is 10.0. The number of aromatic nitrogens is 3. The summed E-state index contributed by atoms with van der Waals surface area (Å²) in [6.45, 7) is 10.6. The first-order chi connectivity index (χ1) is 13.9. The number of ether oxygens (including phenoxy) is 1. The minimum Gasteiger partial charge on any atom is -0.480 e. The Labute approximate surface area is 173 Å². The Morgan fingerprint density at radius 2 is 1.97 bits per heavy atom. The van der Waals surface area contributed by atoms with Crippen LogP contribution < -0.4 is 4.74 Å². The molecule has 0 saturated heterocycles. The van der Waals surface area contributed by atoms with Gasteiger partial charge in [0.1, 0.15) is 6.29 Å². The van der Waals surface area contributed by atoms with E-state index in [1.165, 1.54) is 0 Å². The van der Waals surface area contributed by atoms with Crippen LogP contribution in [0.1, 0.15) is 69.3 Å². The van der Waals surface area contributed by atoms with Crippen LogP contribution >= 0.6 is 0 Å². The van der Waals surface area contributed by atoms with Crippen molar-refractivity contribution in [1.29, 1.82) is 0 Å². The van der Waals surface area contributed by atoms with E-state index in [0.29, 0.717) is 18.2 Å². The van der Waals surface area contributed by atoms with Crippen LogP contribution in [0.25, 0.3) is 22.3 Å². The van der Waals surface area contributed by atoms with Gasteiger partial charge in [-0.15, -0.1) is 0 Å². The Hall–Kier alpha value is -2.69. The van der Waals surface area contributed by atoms with Crippen LogP contribution in [-0.2, 0) is 11.2 Å². The van der Waals surface area contributed by atoms with E-state index in [-0.39, 0.29) is 6.04 Å². The average Bonchev–Trinajstić information content (AvgIpc) is 3.05.